The number of nitrogens with zero attached hydrogens (tertiary/aromatic N) is 4. The minimum atomic E-state index is -0.850. The molecule has 18 heavy (non-hydrogen) atoms. The second-order valence-corrected chi connectivity index (χ2v) is 5.69. The van der Waals surface area contributed by atoms with E-state index in [4.69, 9.17) is 0 Å². The highest BCUT2D eigenvalue weighted by atomic mass is 32.2. The van der Waals surface area contributed by atoms with E-state index in [1.165, 1.54) is 0 Å². The van der Waals surface area contributed by atoms with Gasteiger partial charge in [-0.1, -0.05) is 0 Å². The lowest BCUT2D eigenvalue weighted by Gasteiger charge is -2.16. The zero-order chi connectivity index (χ0) is 13.7. The van der Waals surface area contributed by atoms with Crippen molar-refractivity contribution in [2.45, 2.75) is 13.0 Å². The van der Waals surface area contributed by atoms with E-state index in [2.05, 4.69) is 25.6 Å². The monoisotopic (exact) mass is 272 g/mol. The van der Waals surface area contributed by atoms with Gasteiger partial charge >= 0.3 is 0 Å². The normalized spacial score (nSPS) is 13.8. The molecule has 8 heteroatoms. The summed E-state index contributed by atoms with van der Waals surface area (Å²) >= 11 is 0. The Labute approximate surface area is 110 Å². The Bertz CT molecular complexity index is 425. The standard InChI is InChI=1S/C10H20N6OS/c1-7(6-18(5)17)12-9-13-8(11-2)14-10(15-9)16(3)4/h7H,6H2,1-5H3,(H2,11,12,13,14,15). The summed E-state index contributed by atoms with van der Waals surface area (Å²) in [5.74, 6) is 2.11. The SMILES string of the molecule is CNc1nc(NC(C)CS(C)=O)nc(N(C)C)n1. The first-order valence-corrected chi connectivity index (χ1v) is 7.32. The third kappa shape index (κ3) is 4.44. The fraction of sp³-hybridized carbons (Fsp3) is 0.700. The van der Waals surface area contributed by atoms with Crippen LogP contribution in [0, 0.1) is 0 Å². The summed E-state index contributed by atoms with van der Waals surface area (Å²) in [5, 5.41) is 6.01. The molecular formula is C10H20N6OS. The molecule has 1 aromatic rings. The van der Waals surface area contributed by atoms with Crippen molar-refractivity contribution in [1.29, 1.82) is 0 Å². The van der Waals surface area contributed by atoms with Crippen LogP contribution in [0.3, 0.4) is 0 Å². The molecule has 1 rings (SSSR count). The van der Waals surface area contributed by atoms with Crippen LogP contribution in [-0.4, -0.2) is 58.4 Å². The molecule has 7 nitrogen and oxygen atoms in total. The molecule has 2 unspecified atom stereocenters. The van der Waals surface area contributed by atoms with E-state index in [1.54, 1.807) is 18.2 Å². The Morgan fingerprint density at radius 3 is 2.39 bits per heavy atom. The van der Waals surface area contributed by atoms with Gasteiger partial charge in [0.15, 0.2) is 0 Å². The van der Waals surface area contributed by atoms with E-state index < -0.39 is 10.8 Å². The van der Waals surface area contributed by atoms with Crippen molar-refractivity contribution >= 4 is 28.6 Å². The highest BCUT2D eigenvalue weighted by molar-refractivity contribution is 7.84. The van der Waals surface area contributed by atoms with E-state index in [9.17, 15) is 4.21 Å². The van der Waals surface area contributed by atoms with Crippen LogP contribution in [0.15, 0.2) is 0 Å². The van der Waals surface area contributed by atoms with E-state index in [-0.39, 0.29) is 6.04 Å². The van der Waals surface area contributed by atoms with Gasteiger partial charge < -0.3 is 15.5 Å². The molecule has 2 N–H and O–H groups in total. The molecule has 0 radical (unpaired) electrons. The number of nitrogens with one attached hydrogen (secondary N) is 2. The van der Waals surface area contributed by atoms with E-state index in [1.807, 2.05) is 21.0 Å². The van der Waals surface area contributed by atoms with Crippen LogP contribution >= 0.6 is 0 Å². The van der Waals surface area contributed by atoms with E-state index in [0.29, 0.717) is 23.6 Å². The minimum Gasteiger partial charge on any atom is -0.357 e. The maximum atomic E-state index is 11.1. The summed E-state index contributed by atoms with van der Waals surface area (Å²) in [7, 11) is 4.63. The van der Waals surface area contributed by atoms with Crippen molar-refractivity contribution in [3.8, 4) is 0 Å². The van der Waals surface area contributed by atoms with Crippen molar-refractivity contribution in [2.75, 3.05) is 48.7 Å². The molecule has 0 aliphatic rings. The van der Waals surface area contributed by atoms with Crippen molar-refractivity contribution in [3.63, 3.8) is 0 Å². The molecule has 0 amide bonds. The first kappa shape index (κ1) is 14.6. The maximum absolute atomic E-state index is 11.1. The van der Waals surface area contributed by atoms with Crippen LogP contribution in [0.4, 0.5) is 17.8 Å². The Morgan fingerprint density at radius 1 is 1.28 bits per heavy atom. The smallest absolute Gasteiger partial charge is 0.231 e. The van der Waals surface area contributed by atoms with Gasteiger partial charge in [0.1, 0.15) is 0 Å². The summed E-state index contributed by atoms with van der Waals surface area (Å²) in [5.41, 5.74) is 0. The van der Waals surface area contributed by atoms with Crippen molar-refractivity contribution in [1.82, 2.24) is 15.0 Å². The van der Waals surface area contributed by atoms with Gasteiger partial charge in [-0.3, -0.25) is 4.21 Å². The summed E-state index contributed by atoms with van der Waals surface area (Å²) in [6.45, 7) is 1.94. The molecule has 1 heterocycles. The highest BCUT2D eigenvalue weighted by Crippen LogP contribution is 2.11. The van der Waals surface area contributed by atoms with Crippen LogP contribution in [0.5, 0.6) is 0 Å². The molecule has 0 saturated carbocycles. The van der Waals surface area contributed by atoms with Crippen LogP contribution < -0.4 is 15.5 Å². The summed E-state index contributed by atoms with van der Waals surface area (Å²) < 4.78 is 11.1. The lowest BCUT2D eigenvalue weighted by molar-refractivity contribution is 0.682. The molecule has 102 valence electrons. The molecular weight excluding hydrogens is 252 g/mol. The fourth-order valence-electron chi connectivity index (χ4n) is 1.36. The fourth-order valence-corrected chi connectivity index (χ4v) is 2.14. The lowest BCUT2D eigenvalue weighted by atomic mass is 10.4. The Morgan fingerprint density at radius 2 is 1.89 bits per heavy atom. The Kier molecular flexibility index (Phi) is 5.26. The highest BCUT2D eigenvalue weighted by Gasteiger charge is 2.10. The predicted octanol–water partition coefficient (Wildman–Crippen LogP) is 0.158. The Hall–Kier alpha value is -1.44. The molecule has 0 fully saturated rings. The van der Waals surface area contributed by atoms with Crippen molar-refractivity contribution in [3.05, 3.63) is 0 Å². The summed E-state index contributed by atoms with van der Waals surface area (Å²) in [6, 6.07) is 0.0398. The summed E-state index contributed by atoms with van der Waals surface area (Å²) in [6.07, 6.45) is 1.68. The van der Waals surface area contributed by atoms with Gasteiger partial charge in [-0.25, -0.2) is 0 Å². The Balaban J connectivity index is 2.87. The van der Waals surface area contributed by atoms with Crippen molar-refractivity contribution in [2.24, 2.45) is 0 Å². The van der Waals surface area contributed by atoms with E-state index >= 15 is 0 Å². The van der Waals surface area contributed by atoms with Gasteiger partial charge in [0.2, 0.25) is 17.8 Å². The van der Waals surface area contributed by atoms with Crippen molar-refractivity contribution < 1.29 is 4.21 Å². The van der Waals surface area contributed by atoms with E-state index in [0.717, 1.165) is 0 Å². The van der Waals surface area contributed by atoms with Crippen LogP contribution in [0.1, 0.15) is 6.92 Å². The van der Waals surface area contributed by atoms with Gasteiger partial charge in [0.25, 0.3) is 0 Å². The zero-order valence-electron chi connectivity index (χ0n) is 11.4. The molecule has 0 aliphatic heterocycles. The molecule has 2 atom stereocenters. The van der Waals surface area contributed by atoms with Gasteiger partial charge in [-0.2, -0.15) is 15.0 Å². The van der Waals surface area contributed by atoms with Crippen LogP contribution in [0.25, 0.3) is 0 Å². The maximum Gasteiger partial charge on any atom is 0.231 e. The first-order valence-electron chi connectivity index (χ1n) is 5.60. The average Bonchev–Trinajstić information content (AvgIpc) is 2.27. The van der Waals surface area contributed by atoms with Crippen LogP contribution in [-0.2, 0) is 10.8 Å². The van der Waals surface area contributed by atoms with Gasteiger partial charge in [0.05, 0.1) is 0 Å². The third-order valence-electron chi connectivity index (χ3n) is 2.11. The molecule has 0 aliphatic carbocycles. The quantitative estimate of drug-likeness (QED) is 0.763. The first-order chi connectivity index (χ1) is 8.42. The third-order valence-corrected chi connectivity index (χ3v) is 3.08. The number of hydrogen-bond acceptors (Lipinski definition) is 7. The van der Waals surface area contributed by atoms with Gasteiger partial charge in [-0.05, 0) is 6.92 Å². The number of aromatic nitrogens is 3. The molecule has 0 spiro atoms. The molecule has 1 aromatic heterocycles. The largest absolute Gasteiger partial charge is 0.357 e. The van der Waals surface area contributed by atoms with Crippen LogP contribution in [0.2, 0.25) is 0 Å². The second kappa shape index (κ2) is 6.48. The number of hydrogen-bond donors (Lipinski definition) is 2. The number of anilines is 3. The minimum absolute atomic E-state index is 0.0398. The zero-order valence-corrected chi connectivity index (χ0v) is 12.2. The number of rotatable bonds is 6. The lowest BCUT2D eigenvalue weighted by Crippen LogP contribution is -2.25. The predicted molar refractivity (Wildman–Crippen MR) is 75.7 cm³/mol. The van der Waals surface area contributed by atoms with Gasteiger partial charge in [0, 0.05) is 50.0 Å². The topological polar surface area (TPSA) is 83.0 Å². The second-order valence-electron chi connectivity index (χ2n) is 4.21. The molecule has 0 bridgehead atoms. The average molecular weight is 272 g/mol. The molecule has 0 saturated heterocycles. The van der Waals surface area contributed by atoms with Gasteiger partial charge in [-0.15, -0.1) is 0 Å². The summed E-state index contributed by atoms with van der Waals surface area (Å²) in [4.78, 5) is 14.5. The molecule has 0 aromatic carbocycles.